The molecule has 1 atom stereocenters. The minimum Gasteiger partial charge on any atom is -0.478 e. The highest BCUT2D eigenvalue weighted by Gasteiger charge is 2.32. The Labute approximate surface area is 123 Å². The number of nitrogens with one attached hydrogen (secondary N) is 1. The average molecular weight is 341 g/mol. The molecule has 0 radical (unpaired) electrons. The number of amides is 2. The number of benzene rings is 1. The predicted molar refractivity (Wildman–Crippen MR) is 75.5 cm³/mol. The van der Waals surface area contributed by atoms with E-state index in [-0.39, 0.29) is 29.7 Å². The minimum atomic E-state index is -1.04. The second-order valence-corrected chi connectivity index (χ2v) is 5.52. The second kappa shape index (κ2) is 5.62. The molecule has 1 heterocycles. The van der Waals surface area contributed by atoms with Crippen LogP contribution in [-0.2, 0) is 9.59 Å². The summed E-state index contributed by atoms with van der Waals surface area (Å²) in [6.07, 6.45) is 0.202. The van der Waals surface area contributed by atoms with Gasteiger partial charge in [0.05, 0.1) is 17.2 Å². The van der Waals surface area contributed by atoms with Crippen LogP contribution in [0.2, 0.25) is 0 Å². The third kappa shape index (κ3) is 2.98. The maximum Gasteiger partial charge on any atom is 0.335 e. The molecule has 0 saturated carbocycles. The van der Waals surface area contributed by atoms with Crippen LogP contribution in [0.4, 0.5) is 5.69 Å². The summed E-state index contributed by atoms with van der Waals surface area (Å²) < 4.78 is 0.489. The van der Waals surface area contributed by atoms with Crippen molar-refractivity contribution in [2.45, 2.75) is 6.42 Å². The molecule has 0 aromatic heterocycles. The van der Waals surface area contributed by atoms with Crippen molar-refractivity contribution in [1.82, 2.24) is 4.90 Å². The molecule has 20 heavy (non-hydrogen) atoms. The minimum absolute atomic E-state index is 0.0505. The average Bonchev–Trinajstić information content (AvgIpc) is 2.72. The summed E-state index contributed by atoms with van der Waals surface area (Å²) in [7, 11) is 1.66. The van der Waals surface area contributed by atoms with Crippen molar-refractivity contribution in [1.29, 1.82) is 0 Å². The van der Waals surface area contributed by atoms with E-state index < -0.39 is 5.97 Å². The van der Waals surface area contributed by atoms with Crippen molar-refractivity contribution in [2.75, 3.05) is 18.9 Å². The Morgan fingerprint density at radius 1 is 1.45 bits per heavy atom. The lowest BCUT2D eigenvalue weighted by Crippen LogP contribution is -2.25. The molecule has 1 fully saturated rings. The molecular formula is C13H13BrN2O4. The van der Waals surface area contributed by atoms with Gasteiger partial charge >= 0.3 is 5.97 Å². The number of hydrogen-bond acceptors (Lipinski definition) is 3. The van der Waals surface area contributed by atoms with Gasteiger partial charge in [0.15, 0.2) is 0 Å². The van der Waals surface area contributed by atoms with Crippen LogP contribution >= 0.6 is 15.9 Å². The van der Waals surface area contributed by atoms with Crippen molar-refractivity contribution in [3.05, 3.63) is 28.2 Å². The molecule has 2 amide bonds. The molecule has 6 nitrogen and oxygen atoms in total. The van der Waals surface area contributed by atoms with Gasteiger partial charge in [-0.2, -0.15) is 0 Å². The van der Waals surface area contributed by atoms with Crippen LogP contribution < -0.4 is 5.32 Å². The fourth-order valence-corrected chi connectivity index (χ4v) is 2.50. The quantitative estimate of drug-likeness (QED) is 0.874. The largest absolute Gasteiger partial charge is 0.478 e. The Morgan fingerprint density at radius 2 is 2.15 bits per heavy atom. The van der Waals surface area contributed by atoms with Crippen molar-refractivity contribution in [3.63, 3.8) is 0 Å². The van der Waals surface area contributed by atoms with Gasteiger partial charge in [-0.3, -0.25) is 9.59 Å². The van der Waals surface area contributed by atoms with E-state index in [4.69, 9.17) is 5.11 Å². The molecule has 1 aliphatic rings. The molecule has 106 valence electrons. The first kappa shape index (κ1) is 14.5. The number of rotatable bonds is 3. The summed E-state index contributed by atoms with van der Waals surface area (Å²) in [5.41, 5.74) is 0.618. The van der Waals surface area contributed by atoms with Gasteiger partial charge in [0.1, 0.15) is 0 Å². The summed E-state index contributed by atoms with van der Waals surface area (Å²) >= 11 is 3.22. The Hall–Kier alpha value is -1.89. The molecule has 1 aliphatic heterocycles. The lowest BCUT2D eigenvalue weighted by molar-refractivity contribution is -0.127. The van der Waals surface area contributed by atoms with Crippen molar-refractivity contribution in [3.8, 4) is 0 Å². The van der Waals surface area contributed by atoms with Gasteiger partial charge in [0, 0.05) is 24.5 Å². The van der Waals surface area contributed by atoms with Crippen LogP contribution in [-0.4, -0.2) is 41.4 Å². The highest BCUT2D eigenvalue weighted by molar-refractivity contribution is 9.10. The third-order valence-electron chi connectivity index (χ3n) is 3.19. The van der Waals surface area contributed by atoms with E-state index in [0.717, 1.165) is 0 Å². The molecule has 0 aliphatic carbocycles. The van der Waals surface area contributed by atoms with Crippen LogP contribution in [0.5, 0.6) is 0 Å². The van der Waals surface area contributed by atoms with Gasteiger partial charge in [-0.15, -0.1) is 0 Å². The first-order chi connectivity index (χ1) is 9.38. The maximum absolute atomic E-state index is 12.0. The van der Waals surface area contributed by atoms with Gasteiger partial charge < -0.3 is 15.3 Å². The molecule has 7 heteroatoms. The number of aromatic carboxylic acids is 1. The second-order valence-electron chi connectivity index (χ2n) is 4.66. The summed E-state index contributed by atoms with van der Waals surface area (Å²) in [4.78, 5) is 35.8. The zero-order valence-electron chi connectivity index (χ0n) is 10.7. The van der Waals surface area contributed by atoms with Crippen LogP contribution in [0.25, 0.3) is 0 Å². The molecule has 1 saturated heterocycles. The van der Waals surface area contributed by atoms with E-state index in [1.54, 1.807) is 7.05 Å². The highest BCUT2D eigenvalue weighted by atomic mass is 79.9. The normalized spacial score (nSPS) is 18.2. The van der Waals surface area contributed by atoms with Crippen LogP contribution in [0.15, 0.2) is 22.7 Å². The smallest absolute Gasteiger partial charge is 0.335 e. The number of nitrogens with zero attached hydrogens (tertiary/aromatic N) is 1. The van der Waals surface area contributed by atoms with Crippen molar-refractivity contribution >= 4 is 39.4 Å². The van der Waals surface area contributed by atoms with Gasteiger partial charge in [0.25, 0.3) is 0 Å². The molecule has 1 unspecified atom stereocenters. The molecule has 1 aromatic rings. The zero-order chi connectivity index (χ0) is 14.9. The molecular weight excluding hydrogens is 328 g/mol. The van der Waals surface area contributed by atoms with Gasteiger partial charge in [0.2, 0.25) is 11.8 Å². The first-order valence-electron chi connectivity index (χ1n) is 5.96. The number of halogens is 1. The Morgan fingerprint density at radius 3 is 2.65 bits per heavy atom. The molecule has 2 rings (SSSR count). The number of carboxylic acids is 1. The number of carboxylic acid groups (broad SMARTS) is 1. The van der Waals surface area contributed by atoms with Crippen LogP contribution in [0.3, 0.4) is 0 Å². The Bertz CT molecular complexity index is 588. The van der Waals surface area contributed by atoms with Crippen molar-refractivity contribution in [2.24, 2.45) is 5.92 Å². The van der Waals surface area contributed by atoms with E-state index in [1.165, 1.54) is 23.1 Å². The van der Waals surface area contributed by atoms with E-state index in [9.17, 15) is 14.4 Å². The lowest BCUT2D eigenvalue weighted by Gasteiger charge is -2.12. The SMILES string of the molecule is CN1CC(C(=O)Nc2ccc(C(=O)O)cc2Br)CC1=O. The molecule has 0 bridgehead atoms. The van der Waals surface area contributed by atoms with E-state index >= 15 is 0 Å². The number of likely N-dealkylation sites (tertiary alicyclic amines) is 1. The van der Waals surface area contributed by atoms with E-state index in [2.05, 4.69) is 21.2 Å². The third-order valence-corrected chi connectivity index (χ3v) is 3.84. The number of anilines is 1. The number of carbonyl (C=O) groups excluding carboxylic acids is 2. The number of hydrogen-bond donors (Lipinski definition) is 2. The number of carbonyl (C=O) groups is 3. The Kier molecular flexibility index (Phi) is 4.08. The van der Waals surface area contributed by atoms with E-state index in [0.29, 0.717) is 16.7 Å². The standard InChI is InChI=1S/C13H13BrN2O4/c1-16-6-8(5-11(16)17)12(18)15-10-3-2-7(13(19)20)4-9(10)14/h2-4,8H,5-6H2,1H3,(H,15,18)(H,19,20). The summed E-state index contributed by atoms with van der Waals surface area (Å²) in [5, 5.41) is 11.6. The zero-order valence-corrected chi connectivity index (χ0v) is 12.3. The van der Waals surface area contributed by atoms with Crippen molar-refractivity contribution < 1.29 is 19.5 Å². The topological polar surface area (TPSA) is 86.7 Å². The van der Waals surface area contributed by atoms with Crippen LogP contribution in [0.1, 0.15) is 16.8 Å². The van der Waals surface area contributed by atoms with E-state index in [1.807, 2.05) is 0 Å². The molecule has 2 N–H and O–H groups in total. The lowest BCUT2D eigenvalue weighted by atomic mass is 10.1. The monoisotopic (exact) mass is 340 g/mol. The predicted octanol–water partition coefficient (Wildman–Crippen LogP) is 1.56. The van der Waals surface area contributed by atoms with Gasteiger partial charge in [-0.05, 0) is 34.1 Å². The first-order valence-corrected chi connectivity index (χ1v) is 6.75. The van der Waals surface area contributed by atoms with Gasteiger partial charge in [-0.25, -0.2) is 4.79 Å². The fraction of sp³-hybridized carbons (Fsp3) is 0.308. The maximum atomic E-state index is 12.0. The highest BCUT2D eigenvalue weighted by Crippen LogP contribution is 2.25. The summed E-state index contributed by atoms with van der Waals surface area (Å²) in [6.45, 7) is 0.398. The molecule has 1 aromatic carbocycles. The molecule has 0 spiro atoms. The van der Waals surface area contributed by atoms with Crippen LogP contribution in [0, 0.1) is 5.92 Å². The fourth-order valence-electron chi connectivity index (χ4n) is 2.02. The summed E-state index contributed by atoms with van der Waals surface area (Å²) in [6, 6.07) is 4.35. The summed E-state index contributed by atoms with van der Waals surface area (Å²) in [5.74, 6) is -1.71. The Balaban J connectivity index is 2.09. The van der Waals surface area contributed by atoms with Gasteiger partial charge in [-0.1, -0.05) is 0 Å².